The Morgan fingerprint density at radius 1 is 1.25 bits per heavy atom. The molecule has 0 saturated heterocycles. The Kier molecular flexibility index (Phi) is 3.42. The molecule has 0 heterocycles. The van der Waals surface area contributed by atoms with E-state index >= 15 is 0 Å². The third kappa shape index (κ3) is 2.40. The highest BCUT2D eigenvalue weighted by molar-refractivity contribution is 9.10. The van der Waals surface area contributed by atoms with Crippen LogP contribution in [0.3, 0.4) is 0 Å². The van der Waals surface area contributed by atoms with E-state index < -0.39 is 11.6 Å². The summed E-state index contributed by atoms with van der Waals surface area (Å²) in [7, 11) is 0. The minimum Gasteiger partial charge on any atom is -0.485 e. The summed E-state index contributed by atoms with van der Waals surface area (Å²) in [6.07, 6.45) is 2.70. The second-order valence-corrected chi connectivity index (χ2v) is 6.10. The second kappa shape index (κ2) is 5.09. The summed E-state index contributed by atoms with van der Waals surface area (Å²) in [4.78, 5) is 11.0. The van der Waals surface area contributed by atoms with E-state index in [0.717, 1.165) is 40.3 Å². The summed E-state index contributed by atoms with van der Waals surface area (Å²) in [6.45, 7) is 0. The Bertz CT molecular complexity index is 662. The third-order valence-electron chi connectivity index (χ3n) is 3.89. The Balaban J connectivity index is 1.94. The lowest BCUT2D eigenvalue weighted by atomic mass is 9.77. The SMILES string of the molecule is O=C(O)CC1(Oc2ccc3ccccc3c2Br)CCC1. The number of rotatable bonds is 4. The van der Waals surface area contributed by atoms with Gasteiger partial charge in [0.1, 0.15) is 11.4 Å². The van der Waals surface area contributed by atoms with Crippen LogP contribution >= 0.6 is 15.9 Å². The number of halogens is 1. The second-order valence-electron chi connectivity index (χ2n) is 5.31. The lowest BCUT2D eigenvalue weighted by Crippen LogP contribution is -2.45. The van der Waals surface area contributed by atoms with Gasteiger partial charge < -0.3 is 9.84 Å². The number of carboxylic acid groups (broad SMARTS) is 1. The standard InChI is InChI=1S/C16H15BrO3/c17-15-12-5-2-1-4-11(12)6-7-13(15)20-16(8-3-9-16)10-14(18)19/h1-2,4-7H,3,8-10H2,(H,18,19). The highest BCUT2D eigenvalue weighted by Crippen LogP contribution is 2.43. The van der Waals surface area contributed by atoms with Gasteiger partial charge in [-0.25, -0.2) is 0 Å². The number of hydrogen-bond acceptors (Lipinski definition) is 2. The molecule has 3 nitrogen and oxygen atoms in total. The van der Waals surface area contributed by atoms with Gasteiger partial charge in [0.25, 0.3) is 0 Å². The first kappa shape index (κ1) is 13.4. The molecule has 2 aromatic carbocycles. The minimum atomic E-state index is -0.804. The highest BCUT2D eigenvalue weighted by Gasteiger charge is 2.41. The fourth-order valence-corrected chi connectivity index (χ4v) is 3.26. The van der Waals surface area contributed by atoms with E-state index in [1.807, 2.05) is 36.4 Å². The molecule has 0 atom stereocenters. The molecule has 3 rings (SSSR count). The van der Waals surface area contributed by atoms with Crippen molar-refractivity contribution in [2.45, 2.75) is 31.3 Å². The summed E-state index contributed by atoms with van der Waals surface area (Å²) >= 11 is 3.58. The van der Waals surface area contributed by atoms with Crippen LogP contribution in [0.5, 0.6) is 5.75 Å². The molecule has 2 aromatic rings. The first-order valence-corrected chi connectivity index (χ1v) is 7.47. The zero-order valence-electron chi connectivity index (χ0n) is 10.9. The van der Waals surface area contributed by atoms with Crippen molar-refractivity contribution in [2.24, 2.45) is 0 Å². The van der Waals surface area contributed by atoms with Crippen molar-refractivity contribution < 1.29 is 14.6 Å². The van der Waals surface area contributed by atoms with Crippen LogP contribution in [-0.2, 0) is 4.79 Å². The van der Waals surface area contributed by atoms with Gasteiger partial charge in [0.05, 0.1) is 10.9 Å². The molecule has 1 N–H and O–H groups in total. The molecule has 0 bridgehead atoms. The molecule has 1 aliphatic carbocycles. The molecule has 1 fully saturated rings. The Hall–Kier alpha value is -1.55. The van der Waals surface area contributed by atoms with Gasteiger partial charge in [0, 0.05) is 0 Å². The van der Waals surface area contributed by atoms with Gasteiger partial charge in [-0.15, -0.1) is 0 Å². The fourth-order valence-electron chi connectivity index (χ4n) is 2.69. The van der Waals surface area contributed by atoms with Gasteiger partial charge in [0.2, 0.25) is 0 Å². The molecular weight excluding hydrogens is 320 g/mol. The van der Waals surface area contributed by atoms with Gasteiger partial charge in [-0.1, -0.05) is 30.3 Å². The van der Waals surface area contributed by atoms with Crippen molar-refractivity contribution in [1.29, 1.82) is 0 Å². The van der Waals surface area contributed by atoms with E-state index in [2.05, 4.69) is 15.9 Å². The third-order valence-corrected chi connectivity index (χ3v) is 4.71. The van der Waals surface area contributed by atoms with Gasteiger partial charge in [-0.2, -0.15) is 0 Å². The quantitative estimate of drug-likeness (QED) is 0.902. The van der Waals surface area contributed by atoms with Crippen LogP contribution in [0, 0.1) is 0 Å². The van der Waals surface area contributed by atoms with Crippen molar-refractivity contribution in [3.05, 3.63) is 40.9 Å². The van der Waals surface area contributed by atoms with Gasteiger partial charge in [0.15, 0.2) is 0 Å². The van der Waals surface area contributed by atoms with Crippen molar-refractivity contribution in [3.63, 3.8) is 0 Å². The van der Waals surface area contributed by atoms with E-state index in [1.54, 1.807) is 0 Å². The van der Waals surface area contributed by atoms with E-state index in [0.29, 0.717) is 0 Å². The largest absolute Gasteiger partial charge is 0.485 e. The number of aliphatic carboxylic acids is 1. The van der Waals surface area contributed by atoms with Gasteiger partial charge >= 0.3 is 5.97 Å². The maximum Gasteiger partial charge on any atom is 0.307 e. The Morgan fingerprint density at radius 2 is 2.00 bits per heavy atom. The summed E-state index contributed by atoms with van der Waals surface area (Å²) in [5, 5.41) is 11.3. The number of benzene rings is 2. The molecule has 1 aliphatic rings. The summed E-state index contributed by atoms with van der Waals surface area (Å²) in [5.74, 6) is -0.0775. The van der Waals surface area contributed by atoms with Gasteiger partial charge in [-0.05, 0) is 52.0 Å². The molecule has 104 valence electrons. The maximum absolute atomic E-state index is 11.0. The van der Waals surface area contributed by atoms with E-state index in [-0.39, 0.29) is 6.42 Å². The number of carbonyl (C=O) groups is 1. The summed E-state index contributed by atoms with van der Waals surface area (Å²) < 4.78 is 6.96. The molecule has 20 heavy (non-hydrogen) atoms. The number of hydrogen-bond donors (Lipinski definition) is 1. The molecule has 1 saturated carbocycles. The Labute approximate surface area is 125 Å². The van der Waals surface area contributed by atoms with Crippen LogP contribution in [0.25, 0.3) is 10.8 Å². The minimum absolute atomic E-state index is 0.0618. The van der Waals surface area contributed by atoms with E-state index in [1.165, 1.54) is 0 Å². The summed E-state index contributed by atoms with van der Waals surface area (Å²) in [5.41, 5.74) is -0.531. The van der Waals surface area contributed by atoms with Crippen LogP contribution in [0.2, 0.25) is 0 Å². The monoisotopic (exact) mass is 334 g/mol. The number of fused-ring (bicyclic) bond motifs is 1. The first-order valence-electron chi connectivity index (χ1n) is 6.68. The van der Waals surface area contributed by atoms with Crippen molar-refractivity contribution in [3.8, 4) is 5.75 Å². The van der Waals surface area contributed by atoms with Crippen LogP contribution in [0.4, 0.5) is 0 Å². The first-order chi connectivity index (χ1) is 9.60. The predicted molar refractivity (Wildman–Crippen MR) is 81.1 cm³/mol. The van der Waals surface area contributed by atoms with E-state index in [4.69, 9.17) is 9.84 Å². The smallest absolute Gasteiger partial charge is 0.307 e. The van der Waals surface area contributed by atoms with Crippen molar-refractivity contribution >= 4 is 32.7 Å². The molecule has 0 aromatic heterocycles. The lowest BCUT2D eigenvalue weighted by molar-refractivity contribution is -0.144. The zero-order chi connectivity index (χ0) is 14.2. The molecule has 4 heteroatoms. The average Bonchev–Trinajstić information content (AvgIpc) is 2.39. The van der Waals surface area contributed by atoms with E-state index in [9.17, 15) is 4.79 Å². The van der Waals surface area contributed by atoms with Crippen LogP contribution < -0.4 is 4.74 Å². The average molecular weight is 335 g/mol. The van der Waals surface area contributed by atoms with Crippen LogP contribution in [0.1, 0.15) is 25.7 Å². The molecule has 0 amide bonds. The highest BCUT2D eigenvalue weighted by atomic mass is 79.9. The van der Waals surface area contributed by atoms with Crippen LogP contribution in [0.15, 0.2) is 40.9 Å². The lowest BCUT2D eigenvalue weighted by Gasteiger charge is -2.41. The molecule has 0 aliphatic heterocycles. The molecule has 0 spiro atoms. The van der Waals surface area contributed by atoms with Crippen LogP contribution in [-0.4, -0.2) is 16.7 Å². The van der Waals surface area contributed by atoms with Gasteiger partial charge in [-0.3, -0.25) is 4.79 Å². The van der Waals surface area contributed by atoms with Crippen molar-refractivity contribution in [2.75, 3.05) is 0 Å². The number of ether oxygens (including phenoxy) is 1. The topological polar surface area (TPSA) is 46.5 Å². The van der Waals surface area contributed by atoms with Crippen molar-refractivity contribution in [1.82, 2.24) is 0 Å². The normalized spacial score (nSPS) is 16.6. The molecule has 0 unspecified atom stereocenters. The Morgan fingerprint density at radius 3 is 2.65 bits per heavy atom. The maximum atomic E-state index is 11.0. The molecule has 0 radical (unpaired) electrons. The molecular formula is C16H15BrO3. The zero-order valence-corrected chi connectivity index (χ0v) is 12.5. The number of carboxylic acids is 1. The fraction of sp³-hybridized carbons (Fsp3) is 0.312. The predicted octanol–water partition coefficient (Wildman–Crippen LogP) is 4.38. The summed E-state index contributed by atoms with van der Waals surface area (Å²) in [6, 6.07) is 12.0.